The smallest absolute Gasteiger partial charge is 0.337 e. The third-order valence-corrected chi connectivity index (χ3v) is 4.16. The van der Waals surface area contributed by atoms with Gasteiger partial charge in [0.1, 0.15) is 19.1 Å². The van der Waals surface area contributed by atoms with Crippen LogP contribution < -0.4 is 5.32 Å². The Morgan fingerprint density at radius 2 is 2.25 bits per heavy atom. The van der Waals surface area contributed by atoms with E-state index in [1.54, 1.807) is 6.92 Å². The van der Waals surface area contributed by atoms with E-state index in [0.29, 0.717) is 5.70 Å². The SMILES string of the molecule is CCc1c(F)cncc1C1C(C(=O)O)=C(CF)NC2=C1C(=O)OC2. The van der Waals surface area contributed by atoms with Crippen molar-refractivity contribution in [1.82, 2.24) is 10.3 Å². The number of dihydropyridines is 1. The first-order valence-electron chi connectivity index (χ1n) is 7.31. The Balaban J connectivity index is 2.29. The van der Waals surface area contributed by atoms with E-state index in [-0.39, 0.29) is 41.0 Å². The van der Waals surface area contributed by atoms with Crippen LogP contribution in [0.5, 0.6) is 0 Å². The number of ether oxygens (including phenoxy) is 1. The van der Waals surface area contributed by atoms with Crippen LogP contribution in [0.25, 0.3) is 0 Å². The lowest BCUT2D eigenvalue weighted by Gasteiger charge is -2.28. The highest BCUT2D eigenvalue weighted by atomic mass is 19.1. The van der Waals surface area contributed by atoms with E-state index < -0.39 is 30.3 Å². The van der Waals surface area contributed by atoms with Crippen molar-refractivity contribution in [3.63, 3.8) is 0 Å². The summed E-state index contributed by atoms with van der Waals surface area (Å²) in [6.45, 7) is 0.532. The Bertz CT molecular complexity index is 801. The number of allylic oxidation sites excluding steroid dienone is 1. The first-order chi connectivity index (χ1) is 11.5. The standard InChI is InChI=1S/C16H14F2N2O4/c1-2-7-8(4-19-5-9(7)18)12-13(15(21)22)10(3-17)20-11-6-24-16(23)14(11)12/h4-5,12,20H,2-3,6H2,1H3,(H,21,22). The second kappa shape index (κ2) is 6.03. The van der Waals surface area contributed by atoms with Crippen LogP contribution in [0.2, 0.25) is 0 Å². The summed E-state index contributed by atoms with van der Waals surface area (Å²) in [5.41, 5.74) is 0.322. The maximum atomic E-state index is 14.1. The van der Waals surface area contributed by atoms with Crippen molar-refractivity contribution in [2.24, 2.45) is 0 Å². The number of halogens is 2. The summed E-state index contributed by atoms with van der Waals surface area (Å²) in [5.74, 6) is -3.82. The molecule has 6 nitrogen and oxygen atoms in total. The molecule has 0 saturated heterocycles. The molecule has 0 aromatic carbocycles. The molecule has 1 aromatic heterocycles. The molecule has 3 heterocycles. The molecular weight excluding hydrogens is 322 g/mol. The van der Waals surface area contributed by atoms with Crippen molar-refractivity contribution in [2.75, 3.05) is 13.3 Å². The first-order valence-corrected chi connectivity index (χ1v) is 7.31. The summed E-state index contributed by atoms with van der Waals surface area (Å²) < 4.78 is 32.4. The first kappa shape index (κ1) is 16.1. The van der Waals surface area contributed by atoms with Crippen LogP contribution in [0, 0.1) is 5.82 Å². The Labute approximate surface area is 135 Å². The molecule has 2 N–H and O–H groups in total. The van der Waals surface area contributed by atoms with Crippen LogP contribution in [0.15, 0.2) is 34.9 Å². The highest BCUT2D eigenvalue weighted by Crippen LogP contribution is 2.42. The number of nitrogens with one attached hydrogen (secondary N) is 1. The number of hydrogen-bond donors (Lipinski definition) is 2. The van der Waals surface area contributed by atoms with Gasteiger partial charge in [0.2, 0.25) is 0 Å². The fourth-order valence-electron chi connectivity index (χ4n) is 3.15. The van der Waals surface area contributed by atoms with Gasteiger partial charge in [0.25, 0.3) is 0 Å². The Morgan fingerprint density at radius 3 is 2.88 bits per heavy atom. The summed E-state index contributed by atoms with van der Waals surface area (Å²) in [6.07, 6.45) is 2.60. The average Bonchev–Trinajstić information content (AvgIpc) is 2.93. The van der Waals surface area contributed by atoms with Crippen molar-refractivity contribution >= 4 is 11.9 Å². The number of nitrogens with zero attached hydrogens (tertiary/aromatic N) is 1. The predicted molar refractivity (Wildman–Crippen MR) is 78.1 cm³/mol. The minimum atomic E-state index is -1.39. The molecule has 2 aliphatic heterocycles. The summed E-state index contributed by atoms with van der Waals surface area (Å²) in [7, 11) is 0. The minimum Gasteiger partial charge on any atom is -0.478 e. The molecule has 1 aromatic rings. The Morgan fingerprint density at radius 1 is 1.50 bits per heavy atom. The number of aliphatic carboxylic acids is 1. The third kappa shape index (κ3) is 2.34. The molecule has 0 aliphatic carbocycles. The maximum Gasteiger partial charge on any atom is 0.337 e. The van der Waals surface area contributed by atoms with E-state index in [4.69, 9.17) is 4.74 Å². The highest BCUT2D eigenvalue weighted by Gasteiger charge is 2.43. The van der Waals surface area contributed by atoms with Gasteiger partial charge in [-0.25, -0.2) is 18.4 Å². The molecule has 0 bridgehead atoms. The molecule has 24 heavy (non-hydrogen) atoms. The highest BCUT2D eigenvalue weighted by molar-refractivity contribution is 6.00. The summed E-state index contributed by atoms with van der Waals surface area (Å²) in [6, 6.07) is 0. The lowest BCUT2D eigenvalue weighted by molar-refractivity contribution is -0.136. The normalized spacial score (nSPS) is 20.0. The van der Waals surface area contributed by atoms with Gasteiger partial charge >= 0.3 is 11.9 Å². The van der Waals surface area contributed by atoms with Crippen molar-refractivity contribution < 1.29 is 28.2 Å². The van der Waals surface area contributed by atoms with Crippen molar-refractivity contribution in [2.45, 2.75) is 19.3 Å². The number of cyclic esters (lactones) is 1. The van der Waals surface area contributed by atoms with E-state index in [0.717, 1.165) is 6.20 Å². The number of hydrogen-bond acceptors (Lipinski definition) is 5. The number of carboxylic acids is 1. The number of alkyl halides is 1. The molecule has 0 spiro atoms. The zero-order valence-corrected chi connectivity index (χ0v) is 12.7. The van der Waals surface area contributed by atoms with Gasteiger partial charge in [-0.15, -0.1) is 0 Å². The topological polar surface area (TPSA) is 88.5 Å². The van der Waals surface area contributed by atoms with Crippen molar-refractivity contribution in [3.8, 4) is 0 Å². The molecule has 2 aliphatic rings. The van der Waals surface area contributed by atoms with E-state index in [9.17, 15) is 23.5 Å². The molecule has 1 unspecified atom stereocenters. The second-order valence-corrected chi connectivity index (χ2v) is 5.40. The molecule has 8 heteroatoms. The van der Waals surface area contributed by atoms with Crippen LogP contribution in [0.4, 0.5) is 8.78 Å². The lowest BCUT2D eigenvalue weighted by atomic mass is 9.79. The summed E-state index contributed by atoms with van der Waals surface area (Å²) in [4.78, 5) is 27.6. The number of rotatable bonds is 4. The van der Waals surface area contributed by atoms with Gasteiger partial charge in [0.05, 0.1) is 34.7 Å². The molecule has 3 rings (SSSR count). The molecule has 0 fully saturated rings. The second-order valence-electron chi connectivity index (χ2n) is 5.40. The van der Waals surface area contributed by atoms with Gasteiger partial charge < -0.3 is 15.2 Å². The molecule has 126 valence electrons. The van der Waals surface area contributed by atoms with Crippen LogP contribution in [-0.4, -0.2) is 35.3 Å². The van der Waals surface area contributed by atoms with Crippen LogP contribution in [0.3, 0.4) is 0 Å². The van der Waals surface area contributed by atoms with Gasteiger partial charge in [-0.1, -0.05) is 6.92 Å². The predicted octanol–water partition coefficient (Wildman–Crippen LogP) is 1.59. The number of pyridine rings is 1. The monoisotopic (exact) mass is 336 g/mol. The van der Waals surface area contributed by atoms with E-state index in [1.165, 1.54) is 6.20 Å². The zero-order valence-electron chi connectivity index (χ0n) is 12.7. The van der Waals surface area contributed by atoms with Crippen molar-refractivity contribution in [3.05, 3.63) is 51.9 Å². The molecule has 0 radical (unpaired) electrons. The van der Waals surface area contributed by atoms with Crippen LogP contribution >= 0.6 is 0 Å². The zero-order chi connectivity index (χ0) is 17.4. The van der Waals surface area contributed by atoms with Crippen LogP contribution in [-0.2, 0) is 20.7 Å². The average molecular weight is 336 g/mol. The van der Waals surface area contributed by atoms with Crippen LogP contribution in [0.1, 0.15) is 24.0 Å². The quantitative estimate of drug-likeness (QED) is 0.812. The number of carbonyl (C=O) groups is 2. The third-order valence-electron chi connectivity index (χ3n) is 4.16. The van der Waals surface area contributed by atoms with E-state index >= 15 is 0 Å². The fraction of sp³-hybridized carbons (Fsp3) is 0.312. The fourth-order valence-corrected chi connectivity index (χ4v) is 3.15. The summed E-state index contributed by atoms with van der Waals surface area (Å²) in [5, 5.41) is 12.2. The molecule has 0 saturated carbocycles. The largest absolute Gasteiger partial charge is 0.478 e. The van der Waals surface area contributed by atoms with Gasteiger partial charge in [0.15, 0.2) is 0 Å². The van der Waals surface area contributed by atoms with Gasteiger partial charge in [-0.3, -0.25) is 4.98 Å². The van der Waals surface area contributed by atoms with Gasteiger partial charge in [0, 0.05) is 6.20 Å². The van der Waals surface area contributed by atoms with E-state index in [1.807, 2.05) is 0 Å². The van der Waals surface area contributed by atoms with E-state index in [2.05, 4.69) is 10.3 Å². The lowest BCUT2D eigenvalue weighted by Crippen LogP contribution is -2.31. The van der Waals surface area contributed by atoms with Gasteiger partial charge in [-0.2, -0.15) is 0 Å². The maximum absolute atomic E-state index is 14.1. The van der Waals surface area contributed by atoms with Gasteiger partial charge in [-0.05, 0) is 17.5 Å². The molecular formula is C16H14F2N2O4. The number of esters is 1. The Hall–Kier alpha value is -2.77. The molecule has 1 atom stereocenters. The summed E-state index contributed by atoms with van der Waals surface area (Å²) >= 11 is 0. The minimum absolute atomic E-state index is 0.0618. The van der Waals surface area contributed by atoms with Crippen molar-refractivity contribution in [1.29, 1.82) is 0 Å². The number of carbonyl (C=O) groups excluding carboxylic acids is 1. The number of aromatic nitrogens is 1. The Kier molecular flexibility index (Phi) is 4.04. The number of carboxylic acid groups (broad SMARTS) is 1. The molecule has 0 amide bonds.